The van der Waals surface area contributed by atoms with E-state index in [1.807, 2.05) is 6.07 Å². The van der Waals surface area contributed by atoms with E-state index in [1.165, 1.54) is 32.3 Å². The van der Waals surface area contributed by atoms with E-state index in [0.717, 1.165) is 0 Å². The maximum absolute atomic E-state index is 13.0. The zero-order chi connectivity index (χ0) is 20.3. The first kappa shape index (κ1) is 19.4. The van der Waals surface area contributed by atoms with Gasteiger partial charge in [-0.05, 0) is 36.5 Å². The van der Waals surface area contributed by atoms with E-state index in [1.54, 1.807) is 36.4 Å². The highest BCUT2D eigenvalue weighted by atomic mass is 32.1. The van der Waals surface area contributed by atoms with Crippen LogP contribution in [0.5, 0.6) is 17.2 Å². The Hall–Kier alpha value is -3.39. The number of carbonyl (C=O) groups is 2. The van der Waals surface area contributed by atoms with Crippen molar-refractivity contribution in [3.63, 3.8) is 0 Å². The maximum atomic E-state index is 13.0. The highest BCUT2D eigenvalue weighted by Gasteiger charge is 2.34. The van der Waals surface area contributed by atoms with Crippen molar-refractivity contribution in [2.24, 2.45) is 0 Å². The van der Waals surface area contributed by atoms with Crippen LogP contribution in [0.25, 0.3) is 6.08 Å². The molecule has 3 rings (SSSR count). The van der Waals surface area contributed by atoms with E-state index < -0.39 is 11.8 Å². The fraction of sp³-hybridized carbons (Fsp3) is 0.150. The average Bonchev–Trinajstić information content (AvgIpc) is 2.71. The van der Waals surface area contributed by atoms with Gasteiger partial charge in [0.2, 0.25) is 0 Å². The number of hydrogen-bond acceptors (Lipinski definition) is 6. The van der Waals surface area contributed by atoms with Crippen LogP contribution in [0.4, 0.5) is 5.69 Å². The number of carbonyl (C=O) groups excluding carboxylic acids is 2. The van der Waals surface area contributed by atoms with Crippen molar-refractivity contribution in [1.82, 2.24) is 5.32 Å². The number of para-hydroxylation sites is 1. The molecule has 8 heteroatoms. The average molecular weight is 398 g/mol. The third kappa shape index (κ3) is 3.54. The molecular formula is C20H18N2O5S. The smallest absolute Gasteiger partial charge is 0.270 e. The van der Waals surface area contributed by atoms with Crippen molar-refractivity contribution in [2.75, 3.05) is 26.2 Å². The number of hydrogen-bond donors (Lipinski definition) is 1. The van der Waals surface area contributed by atoms with Gasteiger partial charge in [-0.1, -0.05) is 18.2 Å². The number of methoxy groups -OCH3 is 3. The number of ether oxygens (including phenoxy) is 3. The van der Waals surface area contributed by atoms with Crippen LogP contribution < -0.4 is 24.4 Å². The second kappa shape index (κ2) is 8.10. The van der Waals surface area contributed by atoms with Crippen LogP contribution in [0.15, 0.2) is 48.0 Å². The molecule has 0 aliphatic carbocycles. The Morgan fingerprint density at radius 2 is 1.54 bits per heavy atom. The summed E-state index contributed by atoms with van der Waals surface area (Å²) in [6.45, 7) is 0. The fourth-order valence-electron chi connectivity index (χ4n) is 2.79. The first-order chi connectivity index (χ1) is 13.5. The van der Waals surface area contributed by atoms with Crippen LogP contribution in [0.3, 0.4) is 0 Å². The molecule has 2 aromatic rings. The Morgan fingerprint density at radius 1 is 0.929 bits per heavy atom. The van der Waals surface area contributed by atoms with Gasteiger partial charge in [-0.3, -0.25) is 19.8 Å². The van der Waals surface area contributed by atoms with Gasteiger partial charge in [0.15, 0.2) is 16.6 Å². The van der Waals surface area contributed by atoms with Gasteiger partial charge >= 0.3 is 0 Å². The minimum atomic E-state index is -0.584. The number of nitrogens with zero attached hydrogens (tertiary/aromatic N) is 1. The summed E-state index contributed by atoms with van der Waals surface area (Å²) in [6, 6.07) is 12.1. The molecule has 0 unspecified atom stereocenters. The van der Waals surface area contributed by atoms with Gasteiger partial charge in [-0.25, -0.2) is 0 Å². The van der Waals surface area contributed by atoms with Gasteiger partial charge in [0.1, 0.15) is 11.3 Å². The highest BCUT2D eigenvalue weighted by Crippen LogP contribution is 2.36. The topological polar surface area (TPSA) is 77.1 Å². The lowest BCUT2D eigenvalue weighted by Crippen LogP contribution is -2.54. The molecule has 0 bridgehead atoms. The predicted molar refractivity (Wildman–Crippen MR) is 109 cm³/mol. The Morgan fingerprint density at radius 3 is 2.14 bits per heavy atom. The third-order valence-corrected chi connectivity index (χ3v) is 4.44. The van der Waals surface area contributed by atoms with Crippen LogP contribution in [0, 0.1) is 0 Å². The maximum Gasteiger partial charge on any atom is 0.270 e. The molecule has 0 aromatic heterocycles. The quantitative estimate of drug-likeness (QED) is 0.474. The summed E-state index contributed by atoms with van der Waals surface area (Å²) in [7, 11) is 4.49. The van der Waals surface area contributed by atoms with E-state index in [4.69, 9.17) is 26.4 Å². The number of anilines is 1. The van der Waals surface area contributed by atoms with Gasteiger partial charge in [-0.2, -0.15) is 0 Å². The van der Waals surface area contributed by atoms with Crippen LogP contribution in [0.1, 0.15) is 5.56 Å². The van der Waals surface area contributed by atoms with E-state index in [-0.39, 0.29) is 10.7 Å². The number of amides is 2. The lowest BCUT2D eigenvalue weighted by Gasteiger charge is -2.29. The molecule has 0 atom stereocenters. The molecule has 2 aromatic carbocycles. The molecule has 0 radical (unpaired) electrons. The number of thiocarbonyl (C=S) groups is 1. The molecule has 1 aliphatic heterocycles. The Kier molecular flexibility index (Phi) is 5.60. The minimum absolute atomic E-state index is 0.0256. The summed E-state index contributed by atoms with van der Waals surface area (Å²) in [5.41, 5.74) is 0.963. The predicted octanol–water partition coefficient (Wildman–Crippen LogP) is 2.54. The van der Waals surface area contributed by atoms with Gasteiger partial charge in [-0.15, -0.1) is 0 Å². The molecule has 7 nitrogen and oxygen atoms in total. The Balaban J connectivity index is 2.09. The molecule has 1 fully saturated rings. The molecule has 1 N–H and O–H groups in total. The van der Waals surface area contributed by atoms with Crippen LogP contribution >= 0.6 is 12.2 Å². The minimum Gasteiger partial charge on any atom is -0.496 e. The summed E-state index contributed by atoms with van der Waals surface area (Å²) >= 11 is 5.19. The van der Waals surface area contributed by atoms with E-state index >= 15 is 0 Å². The molecular weight excluding hydrogens is 380 g/mol. The first-order valence-electron chi connectivity index (χ1n) is 8.26. The van der Waals surface area contributed by atoms with Crippen LogP contribution in [-0.4, -0.2) is 38.3 Å². The number of benzene rings is 2. The molecule has 0 saturated carbocycles. The van der Waals surface area contributed by atoms with E-state index in [0.29, 0.717) is 28.5 Å². The molecule has 28 heavy (non-hydrogen) atoms. The Bertz CT molecular complexity index is 972. The van der Waals surface area contributed by atoms with E-state index in [9.17, 15) is 9.59 Å². The molecule has 1 aliphatic rings. The van der Waals surface area contributed by atoms with Crippen molar-refractivity contribution in [3.05, 3.63) is 53.6 Å². The number of nitrogens with one attached hydrogen (secondary N) is 1. The van der Waals surface area contributed by atoms with Gasteiger partial charge in [0.05, 0.1) is 27.0 Å². The zero-order valence-electron chi connectivity index (χ0n) is 15.5. The van der Waals surface area contributed by atoms with Gasteiger partial charge in [0, 0.05) is 11.6 Å². The highest BCUT2D eigenvalue weighted by molar-refractivity contribution is 7.80. The summed E-state index contributed by atoms with van der Waals surface area (Å²) in [6.07, 6.45) is 1.44. The fourth-order valence-corrected chi connectivity index (χ4v) is 3.07. The Labute approximate surface area is 167 Å². The van der Waals surface area contributed by atoms with Gasteiger partial charge < -0.3 is 14.2 Å². The molecule has 2 amide bonds. The monoisotopic (exact) mass is 398 g/mol. The SMILES string of the molecule is COc1cc(OC)c(OC)cc1/C=C1/C(=O)NC(=S)N(c2ccccc2)C1=O. The van der Waals surface area contributed by atoms with Gasteiger partial charge in [0.25, 0.3) is 11.8 Å². The van der Waals surface area contributed by atoms with Crippen molar-refractivity contribution < 1.29 is 23.8 Å². The van der Waals surface area contributed by atoms with Crippen molar-refractivity contribution in [3.8, 4) is 17.2 Å². The van der Waals surface area contributed by atoms with Crippen molar-refractivity contribution in [1.29, 1.82) is 0 Å². The lowest BCUT2D eigenvalue weighted by atomic mass is 10.1. The van der Waals surface area contributed by atoms with Crippen molar-refractivity contribution >= 4 is 40.9 Å². The number of rotatable bonds is 5. The summed E-state index contributed by atoms with van der Waals surface area (Å²) in [4.78, 5) is 26.8. The van der Waals surface area contributed by atoms with E-state index in [2.05, 4.69) is 5.32 Å². The first-order valence-corrected chi connectivity index (χ1v) is 8.67. The zero-order valence-corrected chi connectivity index (χ0v) is 16.3. The molecule has 1 heterocycles. The molecule has 144 valence electrons. The summed E-state index contributed by atoms with van der Waals surface area (Å²) < 4.78 is 15.9. The second-order valence-electron chi connectivity index (χ2n) is 5.74. The third-order valence-electron chi connectivity index (χ3n) is 4.15. The normalized spacial score (nSPS) is 15.5. The van der Waals surface area contributed by atoms with Crippen molar-refractivity contribution in [2.45, 2.75) is 0 Å². The lowest BCUT2D eigenvalue weighted by molar-refractivity contribution is -0.122. The standard InChI is InChI=1S/C20H18N2O5S/c1-25-15-11-17(27-3)16(26-2)10-12(15)9-14-18(23)21-20(28)22(19(14)24)13-7-5-4-6-8-13/h4-11H,1-3H3,(H,21,23,28)/b14-9-. The summed E-state index contributed by atoms with van der Waals surface area (Å²) in [5.74, 6) is 0.211. The summed E-state index contributed by atoms with van der Waals surface area (Å²) in [5, 5.41) is 2.58. The molecule has 0 spiro atoms. The van der Waals surface area contributed by atoms with Crippen LogP contribution in [0.2, 0.25) is 0 Å². The van der Waals surface area contributed by atoms with Crippen LogP contribution in [-0.2, 0) is 9.59 Å². The second-order valence-corrected chi connectivity index (χ2v) is 6.13. The largest absolute Gasteiger partial charge is 0.496 e. The molecule has 1 saturated heterocycles.